The van der Waals surface area contributed by atoms with Gasteiger partial charge in [-0.3, -0.25) is 0 Å². The van der Waals surface area contributed by atoms with Gasteiger partial charge in [-0.25, -0.2) is 19.3 Å². The Morgan fingerprint density at radius 3 is 2.57 bits per heavy atom. The zero-order valence-electron chi connectivity index (χ0n) is 13.8. The quantitative estimate of drug-likeness (QED) is 0.863. The Morgan fingerprint density at radius 2 is 2.00 bits per heavy atom. The van der Waals surface area contributed by atoms with E-state index >= 15 is 0 Å². The van der Waals surface area contributed by atoms with Crippen LogP contribution in [0.3, 0.4) is 0 Å². The van der Waals surface area contributed by atoms with Crippen LogP contribution in [-0.4, -0.2) is 39.7 Å². The van der Waals surface area contributed by atoms with Crippen molar-refractivity contribution in [2.24, 2.45) is 7.05 Å². The monoisotopic (exact) mass is 319 g/mol. The predicted octanol–water partition coefficient (Wildman–Crippen LogP) is 2.05. The number of aryl methyl sites for hydroxylation is 2. The SMILES string of the molecule is CCc1ncnc(N2CCC(OC)(c3nccn3C)CC2)c1F. The Bertz CT molecular complexity index is 679. The normalized spacial score (nSPS) is 17.5. The number of piperidine rings is 1. The van der Waals surface area contributed by atoms with Crippen molar-refractivity contribution in [1.82, 2.24) is 19.5 Å². The van der Waals surface area contributed by atoms with Crippen LogP contribution in [0.15, 0.2) is 18.7 Å². The lowest BCUT2D eigenvalue weighted by atomic mass is 9.90. The minimum Gasteiger partial charge on any atom is -0.370 e. The third-order valence-corrected chi connectivity index (χ3v) is 4.67. The molecular weight excluding hydrogens is 297 g/mol. The van der Waals surface area contributed by atoms with Gasteiger partial charge < -0.3 is 14.2 Å². The molecule has 0 atom stereocenters. The molecule has 1 fully saturated rings. The highest BCUT2D eigenvalue weighted by molar-refractivity contribution is 5.42. The third-order valence-electron chi connectivity index (χ3n) is 4.67. The molecule has 2 aromatic heterocycles. The molecule has 3 heterocycles. The number of hydrogen-bond donors (Lipinski definition) is 0. The third kappa shape index (κ3) is 2.69. The molecule has 7 heteroatoms. The van der Waals surface area contributed by atoms with Gasteiger partial charge in [0.2, 0.25) is 0 Å². The second-order valence-electron chi connectivity index (χ2n) is 5.86. The van der Waals surface area contributed by atoms with Gasteiger partial charge in [0.1, 0.15) is 17.8 Å². The summed E-state index contributed by atoms with van der Waals surface area (Å²) in [7, 11) is 3.68. The fourth-order valence-electron chi connectivity index (χ4n) is 3.27. The predicted molar refractivity (Wildman–Crippen MR) is 84.7 cm³/mol. The highest BCUT2D eigenvalue weighted by atomic mass is 19.1. The van der Waals surface area contributed by atoms with E-state index in [0.29, 0.717) is 31.0 Å². The van der Waals surface area contributed by atoms with Crippen molar-refractivity contribution in [1.29, 1.82) is 0 Å². The summed E-state index contributed by atoms with van der Waals surface area (Å²) in [5.74, 6) is 0.996. The van der Waals surface area contributed by atoms with Crippen LogP contribution in [0.4, 0.5) is 10.2 Å². The lowest BCUT2D eigenvalue weighted by Gasteiger charge is -2.40. The van der Waals surface area contributed by atoms with Gasteiger partial charge in [0.15, 0.2) is 11.6 Å². The topological polar surface area (TPSA) is 56.1 Å². The van der Waals surface area contributed by atoms with Crippen LogP contribution in [0, 0.1) is 5.82 Å². The number of ether oxygens (including phenoxy) is 1. The number of aromatic nitrogens is 4. The highest BCUT2D eigenvalue weighted by Crippen LogP contribution is 2.36. The molecule has 0 amide bonds. The van der Waals surface area contributed by atoms with E-state index in [4.69, 9.17) is 4.74 Å². The van der Waals surface area contributed by atoms with Crippen LogP contribution < -0.4 is 4.90 Å². The maximum Gasteiger partial charge on any atom is 0.187 e. The van der Waals surface area contributed by atoms with Gasteiger partial charge >= 0.3 is 0 Å². The summed E-state index contributed by atoms with van der Waals surface area (Å²) in [6, 6.07) is 0. The van der Waals surface area contributed by atoms with Crippen molar-refractivity contribution >= 4 is 5.82 Å². The summed E-state index contributed by atoms with van der Waals surface area (Å²) in [5, 5.41) is 0. The average Bonchev–Trinajstić information content (AvgIpc) is 3.02. The Labute approximate surface area is 135 Å². The van der Waals surface area contributed by atoms with E-state index in [1.165, 1.54) is 6.33 Å². The van der Waals surface area contributed by atoms with Gasteiger partial charge in [0, 0.05) is 52.5 Å². The number of methoxy groups -OCH3 is 1. The van der Waals surface area contributed by atoms with Crippen molar-refractivity contribution in [2.75, 3.05) is 25.1 Å². The second kappa shape index (κ2) is 6.23. The van der Waals surface area contributed by atoms with Gasteiger partial charge in [-0.15, -0.1) is 0 Å². The average molecular weight is 319 g/mol. The standard InChI is InChI=1S/C16H22FN5O/c1-4-12-13(17)14(20-11-19-12)22-8-5-16(23-3,6-9-22)15-18-7-10-21(15)2/h7,10-11H,4-6,8-9H2,1-3H3. The van der Waals surface area contributed by atoms with Crippen LogP contribution in [0.1, 0.15) is 31.3 Å². The van der Waals surface area contributed by atoms with Gasteiger partial charge in [0.25, 0.3) is 0 Å². The van der Waals surface area contributed by atoms with Crippen LogP contribution >= 0.6 is 0 Å². The molecule has 3 rings (SSSR count). The van der Waals surface area contributed by atoms with Crippen molar-refractivity contribution in [3.8, 4) is 0 Å². The minimum atomic E-state index is -0.425. The molecule has 0 aliphatic carbocycles. The summed E-state index contributed by atoms with van der Waals surface area (Å²) in [6.07, 6.45) is 7.16. The van der Waals surface area contributed by atoms with Gasteiger partial charge in [-0.1, -0.05) is 6.92 Å². The van der Waals surface area contributed by atoms with E-state index < -0.39 is 5.60 Å². The van der Waals surface area contributed by atoms with E-state index in [9.17, 15) is 4.39 Å². The molecule has 1 saturated heterocycles. The number of hydrogen-bond acceptors (Lipinski definition) is 5. The summed E-state index contributed by atoms with van der Waals surface area (Å²) in [6.45, 7) is 3.22. The van der Waals surface area contributed by atoms with E-state index in [2.05, 4.69) is 15.0 Å². The smallest absolute Gasteiger partial charge is 0.187 e. The first-order valence-electron chi connectivity index (χ1n) is 7.88. The number of rotatable bonds is 4. The van der Waals surface area contributed by atoms with Gasteiger partial charge in [-0.05, 0) is 6.42 Å². The van der Waals surface area contributed by atoms with Gasteiger partial charge in [0.05, 0.1) is 5.69 Å². The van der Waals surface area contributed by atoms with Crippen molar-refractivity contribution in [3.63, 3.8) is 0 Å². The van der Waals surface area contributed by atoms with E-state index in [1.54, 1.807) is 13.3 Å². The molecule has 0 radical (unpaired) electrons. The number of imidazole rings is 1. The van der Waals surface area contributed by atoms with Crippen molar-refractivity contribution in [3.05, 3.63) is 36.1 Å². The van der Waals surface area contributed by atoms with Crippen LogP contribution in [0.5, 0.6) is 0 Å². The first kappa shape index (κ1) is 15.9. The lowest BCUT2D eigenvalue weighted by molar-refractivity contribution is -0.0438. The van der Waals surface area contributed by atoms with Crippen molar-refractivity contribution in [2.45, 2.75) is 31.8 Å². The maximum atomic E-state index is 14.5. The van der Waals surface area contributed by atoms with Crippen LogP contribution in [0.2, 0.25) is 0 Å². The molecule has 0 N–H and O–H groups in total. The van der Waals surface area contributed by atoms with Crippen LogP contribution in [0.25, 0.3) is 0 Å². The molecule has 0 spiro atoms. The molecule has 6 nitrogen and oxygen atoms in total. The van der Waals surface area contributed by atoms with E-state index in [1.807, 2.05) is 29.6 Å². The summed E-state index contributed by atoms with van der Waals surface area (Å²) >= 11 is 0. The summed E-state index contributed by atoms with van der Waals surface area (Å²) in [4.78, 5) is 14.6. The molecule has 0 bridgehead atoms. The molecule has 1 aliphatic heterocycles. The fraction of sp³-hybridized carbons (Fsp3) is 0.562. The zero-order chi connectivity index (χ0) is 16.4. The number of halogens is 1. The Kier molecular flexibility index (Phi) is 4.30. The van der Waals surface area contributed by atoms with Crippen LogP contribution in [-0.2, 0) is 23.8 Å². The molecule has 124 valence electrons. The minimum absolute atomic E-state index is 0.308. The molecule has 23 heavy (non-hydrogen) atoms. The number of anilines is 1. The Balaban J connectivity index is 1.82. The van der Waals surface area contributed by atoms with Crippen molar-refractivity contribution < 1.29 is 9.13 Å². The highest BCUT2D eigenvalue weighted by Gasteiger charge is 2.40. The van der Waals surface area contributed by atoms with E-state index in [-0.39, 0.29) is 5.82 Å². The fourth-order valence-corrected chi connectivity index (χ4v) is 3.27. The molecule has 0 unspecified atom stereocenters. The molecule has 0 aromatic carbocycles. The molecular formula is C16H22FN5O. The summed E-state index contributed by atoms with van der Waals surface area (Å²) < 4.78 is 22.3. The Morgan fingerprint density at radius 1 is 1.26 bits per heavy atom. The first-order chi connectivity index (χ1) is 11.1. The maximum absolute atomic E-state index is 14.5. The van der Waals surface area contributed by atoms with E-state index in [0.717, 1.165) is 18.7 Å². The number of nitrogens with zero attached hydrogens (tertiary/aromatic N) is 5. The lowest BCUT2D eigenvalue weighted by Crippen LogP contribution is -2.45. The molecule has 2 aromatic rings. The Hall–Kier alpha value is -2.02. The molecule has 0 saturated carbocycles. The second-order valence-corrected chi connectivity index (χ2v) is 5.86. The summed E-state index contributed by atoms with van der Waals surface area (Å²) in [5.41, 5.74) is 0.0361. The molecule has 1 aliphatic rings. The zero-order valence-corrected chi connectivity index (χ0v) is 13.8. The largest absolute Gasteiger partial charge is 0.370 e. The van der Waals surface area contributed by atoms with Gasteiger partial charge in [-0.2, -0.15) is 0 Å². The first-order valence-corrected chi connectivity index (χ1v) is 7.88.